The molecule has 0 heteroatoms. The molecule has 7 rings (SSSR count). The lowest BCUT2D eigenvalue weighted by atomic mass is 9.33. The molecule has 6 aliphatic carbocycles. The van der Waals surface area contributed by atoms with Crippen LogP contribution in [0.4, 0.5) is 0 Å². The molecular formula is C16H16. The standard InChI is InChI=1S/C16H16/c1-2-4-8(5-3-1)16-11-7-10-13-9(11)6-12(16)14(13)15(10)16/h1-5,9-15H,6-7H2. The number of hydrogen-bond acceptors (Lipinski definition) is 0. The minimum atomic E-state index is 0.704. The van der Waals surface area contributed by atoms with Crippen molar-refractivity contribution in [2.45, 2.75) is 18.3 Å². The summed E-state index contributed by atoms with van der Waals surface area (Å²) in [6.45, 7) is 0. The quantitative estimate of drug-likeness (QED) is 0.665. The van der Waals surface area contributed by atoms with Gasteiger partial charge in [-0.2, -0.15) is 0 Å². The van der Waals surface area contributed by atoms with Crippen molar-refractivity contribution < 1.29 is 0 Å². The van der Waals surface area contributed by atoms with Crippen LogP contribution in [0.1, 0.15) is 18.4 Å². The van der Waals surface area contributed by atoms with Crippen molar-refractivity contribution >= 4 is 0 Å². The van der Waals surface area contributed by atoms with Crippen LogP contribution in [0.5, 0.6) is 0 Å². The van der Waals surface area contributed by atoms with Crippen molar-refractivity contribution in [3.05, 3.63) is 35.9 Å². The van der Waals surface area contributed by atoms with E-state index in [-0.39, 0.29) is 0 Å². The van der Waals surface area contributed by atoms with Gasteiger partial charge in [-0.25, -0.2) is 0 Å². The molecule has 80 valence electrons. The Morgan fingerprint density at radius 3 is 2.56 bits per heavy atom. The molecule has 6 fully saturated rings. The Kier molecular flexibility index (Phi) is 0.891. The van der Waals surface area contributed by atoms with Gasteiger partial charge in [0.2, 0.25) is 0 Å². The normalized spacial score (nSPS) is 65.9. The predicted octanol–water partition coefficient (Wildman–Crippen LogP) is 3.09. The first kappa shape index (κ1) is 7.53. The zero-order valence-corrected chi connectivity index (χ0v) is 9.34. The minimum absolute atomic E-state index is 0.704. The lowest BCUT2D eigenvalue weighted by Gasteiger charge is -2.71. The largest absolute Gasteiger partial charge is 0.0622 e. The molecule has 0 heterocycles. The van der Waals surface area contributed by atoms with E-state index in [2.05, 4.69) is 30.3 Å². The summed E-state index contributed by atoms with van der Waals surface area (Å²) in [5.41, 5.74) is 2.42. The van der Waals surface area contributed by atoms with Crippen LogP contribution >= 0.6 is 0 Å². The van der Waals surface area contributed by atoms with E-state index in [0.717, 1.165) is 23.7 Å². The lowest BCUT2D eigenvalue weighted by Crippen LogP contribution is -2.70. The molecule has 0 radical (unpaired) electrons. The zero-order valence-electron chi connectivity index (χ0n) is 9.34. The Balaban J connectivity index is 1.65. The molecule has 6 saturated carbocycles. The average molecular weight is 208 g/mol. The molecule has 1 aromatic rings. The molecule has 0 aromatic heterocycles. The van der Waals surface area contributed by atoms with Gasteiger partial charge in [0.25, 0.3) is 0 Å². The third kappa shape index (κ3) is 0.437. The van der Waals surface area contributed by atoms with Gasteiger partial charge in [-0.05, 0) is 59.8 Å². The smallest absolute Gasteiger partial charge is 0.00490 e. The van der Waals surface area contributed by atoms with E-state index in [9.17, 15) is 0 Å². The van der Waals surface area contributed by atoms with E-state index in [4.69, 9.17) is 0 Å². The van der Waals surface area contributed by atoms with Crippen LogP contribution in [-0.2, 0) is 5.41 Å². The first-order valence-corrected chi connectivity index (χ1v) is 6.99. The lowest BCUT2D eigenvalue weighted by molar-refractivity contribution is -0.193. The number of benzene rings is 1. The van der Waals surface area contributed by atoms with Crippen LogP contribution in [0.2, 0.25) is 0 Å². The molecular weight excluding hydrogens is 192 g/mol. The van der Waals surface area contributed by atoms with E-state index in [1.807, 2.05) is 0 Å². The first-order chi connectivity index (χ1) is 7.94. The fourth-order valence-corrected chi connectivity index (χ4v) is 7.57. The van der Waals surface area contributed by atoms with Crippen LogP contribution in [0.3, 0.4) is 0 Å². The van der Waals surface area contributed by atoms with Crippen LogP contribution in [-0.4, -0.2) is 0 Å². The maximum Gasteiger partial charge on any atom is 0.00490 e. The molecule has 6 aliphatic rings. The van der Waals surface area contributed by atoms with E-state index in [0.29, 0.717) is 5.41 Å². The molecule has 0 nitrogen and oxygen atoms in total. The summed E-state index contributed by atoms with van der Waals surface area (Å²) in [4.78, 5) is 0. The summed E-state index contributed by atoms with van der Waals surface area (Å²) in [7, 11) is 0. The molecule has 0 saturated heterocycles. The second-order valence-corrected chi connectivity index (χ2v) is 6.99. The predicted molar refractivity (Wildman–Crippen MR) is 61.8 cm³/mol. The van der Waals surface area contributed by atoms with Crippen molar-refractivity contribution in [2.75, 3.05) is 0 Å². The summed E-state index contributed by atoms with van der Waals surface area (Å²) < 4.78 is 0. The van der Waals surface area contributed by atoms with Crippen LogP contribution in [0.15, 0.2) is 30.3 Å². The summed E-state index contributed by atoms with van der Waals surface area (Å²) in [5, 5.41) is 0. The van der Waals surface area contributed by atoms with Gasteiger partial charge in [0.05, 0.1) is 0 Å². The number of hydrogen-bond donors (Lipinski definition) is 0. The molecule has 0 aliphatic heterocycles. The zero-order chi connectivity index (χ0) is 10.1. The Bertz CT molecular complexity index is 489. The molecule has 1 aromatic carbocycles. The Morgan fingerprint density at radius 2 is 1.69 bits per heavy atom. The molecule has 0 spiro atoms. The van der Waals surface area contributed by atoms with Gasteiger partial charge < -0.3 is 0 Å². The van der Waals surface area contributed by atoms with Crippen molar-refractivity contribution in [1.29, 1.82) is 0 Å². The van der Waals surface area contributed by atoms with E-state index in [1.54, 1.807) is 18.4 Å². The molecule has 0 amide bonds. The van der Waals surface area contributed by atoms with Crippen LogP contribution < -0.4 is 0 Å². The molecule has 0 N–H and O–H groups in total. The summed E-state index contributed by atoms with van der Waals surface area (Å²) >= 11 is 0. The Morgan fingerprint density at radius 1 is 0.875 bits per heavy atom. The van der Waals surface area contributed by atoms with Crippen molar-refractivity contribution in [2.24, 2.45) is 41.4 Å². The third-order valence-corrected chi connectivity index (χ3v) is 7.40. The average Bonchev–Trinajstić information content (AvgIpc) is 2.80. The van der Waals surface area contributed by atoms with Gasteiger partial charge in [-0.3, -0.25) is 0 Å². The van der Waals surface area contributed by atoms with Crippen molar-refractivity contribution in [3.8, 4) is 0 Å². The van der Waals surface area contributed by atoms with Gasteiger partial charge in [-0.1, -0.05) is 30.3 Å². The highest BCUT2D eigenvalue weighted by Gasteiger charge is 2.90. The minimum Gasteiger partial charge on any atom is -0.0622 e. The summed E-state index contributed by atoms with van der Waals surface area (Å²) in [6.07, 6.45) is 3.20. The summed E-state index contributed by atoms with van der Waals surface area (Å²) in [5.74, 6) is 8.07. The number of rotatable bonds is 1. The Hall–Kier alpha value is -0.780. The summed E-state index contributed by atoms with van der Waals surface area (Å²) in [6, 6.07) is 11.6. The van der Waals surface area contributed by atoms with Crippen molar-refractivity contribution in [1.82, 2.24) is 0 Å². The van der Waals surface area contributed by atoms with Gasteiger partial charge in [0, 0.05) is 5.41 Å². The highest BCUT2D eigenvalue weighted by Crippen LogP contribution is 2.93. The molecule has 4 bridgehead atoms. The Labute approximate surface area is 96.1 Å². The molecule has 8 unspecified atom stereocenters. The first-order valence-electron chi connectivity index (χ1n) is 6.99. The van der Waals surface area contributed by atoms with Gasteiger partial charge in [0.15, 0.2) is 0 Å². The van der Waals surface area contributed by atoms with Gasteiger partial charge >= 0.3 is 0 Å². The second kappa shape index (κ2) is 1.89. The fourth-order valence-electron chi connectivity index (χ4n) is 7.57. The third-order valence-electron chi connectivity index (χ3n) is 7.40. The fraction of sp³-hybridized carbons (Fsp3) is 0.625. The van der Waals surface area contributed by atoms with E-state index >= 15 is 0 Å². The van der Waals surface area contributed by atoms with Crippen LogP contribution in [0, 0.1) is 41.4 Å². The maximum atomic E-state index is 2.43. The topological polar surface area (TPSA) is 0 Å². The SMILES string of the molecule is c1ccc(C23C4CC5C6C4CC2C6C53)cc1. The van der Waals surface area contributed by atoms with Gasteiger partial charge in [-0.15, -0.1) is 0 Å². The monoisotopic (exact) mass is 208 g/mol. The van der Waals surface area contributed by atoms with Crippen LogP contribution in [0.25, 0.3) is 0 Å². The highest BCUT2D eigenvalue weighted by atomic mass is 14.9. The molecule has 8 atom stereocenters. The molecule has 16 heavy (non-hydrogen) atoms. The maximum absolute atomic E-state index is 2.43. The second-order valence-electron chi connectivity index (χ2n) is 6.99. The van der Waals surface area contributed by atoms with E-state index < -0.39 is 0 Å². The van der Waals surface area contributed by atoms with Crippen molar-refractivity contribution in [3.63, 3.8) is 0 Å². The van der Waals surface area contributed by atoms with E-state index in [1.165, 1.54) is 17.8 Å². The highest BCUT2D eigenvalue weighted by molar-refractivity contribution is 5.48. The van der Waals surface area contributed by atoms with Gasteiger partial charge in [0.1, 0.15) is 0 Å².